The van der Waals surface area contributed by atoms with Crippen molar-refractivity contribution < 1.29 is 9.47 Å². The van der Waals surface area contributed by atoms with Crippen LogP contribution < -0.4 is 10.1 Å². The number of benzene rings is 1. The van der Waals surface area contributed by atoms with E-state index in [1.54, 1.807) is 6.20 Å². The van der Waals surface area contributed by atoms with Gasteiger partial charge in [-0.05, 0) is 49.6 Å². The van der Waals surface area contributed by atoms with Crippen molar-refractivity contribution in [2.45, 2.75) is 51.6 Å². The van der Waals surface area contributed by atoms with E-state index >= 15 is 0 Å². The van der Waals surface area contributed by atoms with Gasteiger partial charge in [0.1, 0.15) is 18.5 Å². The molecule has 1 fully saturated rings. The summed E-state index contributed by atoms with van der Waals surface area (Å²) in [6.45, 7) is 5.01. The summed E-state index contributed by atoms with van der Waals surface area (Å²) in [5, 5.41) is 8.09. The van der Waals surface area contributed by atoms with Crippen LogP contribution in [0.3, 0.4) is 0 Å². The summed E-state index contributed by atoms with van der Waals surface area (Å²) in [7, 11) is 0. The van der Waals surface area contributed by atoms with Crippen LogP contribution in [0.2, 0.25) is 0 Å². The molecule has 6 nitrogen and oxygen atoms in total. The lowest BCUT2D eigenvalue weighted by atomic mass is 9.98. The second kappa shape index (κ2) is 9.67. The summed E-state index contributed by atoms with van der Waals surface area (Å²) < 4.78 is 13.9. The molecule has 0 unspecified atom stereocenters. The van der Waals surface area contributed by atoms with Crippen molar-refractivity contribution in [1.82, 2.24) is 20.1 Å². The normalized spacial score (nSPS) is 19.2. The minimum absolute atomic E-state index is 0.0487. The second-order valence-corrected chi connectivity index (χ2v) is 7.31. The first-order valence-electron chi connectivity index (χ1n) is 10.3. The Morgan fingerprint density at radius 1 is 1.24 bits per heavy atom. The van der Waals surface area contributed by atoms with Crippen LogP contribution in [-0.4, -0.2) is 27.4 Å². The summed E-state index contributed by atoms with van der Waals surface area (Å²) in [4.78, 5) is 4.30. The number of rotatable bonds is 8. The Labute approximate surface area is 171 Å². The highest BCUT2D eigenvalue weighted by Gasteiger charge is 2.28. The van der Waals surface area contributed by atoms with Gasteiger partial charge in [0.25, 0.3) is 0 Å². The molecule has 1 aliphatic rings. The fourth-order valence-corrected chi connectivity index (χ4v) is 3.65. The fourth-order valence-electron chi connectivity index (χ4n) is 3.65. The maximum Gasteiger partial charge on any atom is 0.130 e. The van der Waals surface area contributed by atoms with Gasteiger partial charge in [0.05, 0.1) is 11.9 Å². The van der Waals surface area contributed by atoms with E-state index < -0.39 is 0 Å². The summed E-state index contributed by atoms with van der Waals surface area (Å²) in [5.74, 6) is 0.857. The highest BCUT2D eigenvalue weighted by Crippen LogP contribution is 2.28. The Hall–Kier alpha value is -2.70. The van der Waals surface area contributed by atoms with Crippen LogP contribution in [0.4, 0.5) is 0 Å². The molecule has 1 aliphatic heterocycles. The van der Waals surface area contributed by atoms with Crippen LogP contribution in [0.1, 0.15) is 42.7 Å². The monoisotopic (exact) mass is 392 g/mol. The van der Waals surface area contributed by atoms with Gasteiger partial charge in [0, 0.05) is 43.7 Å². The number of hydrogen-bond donors (Lipinski definition) is 1. The molecule has 1 saturated heterocycles. The zero-order valence-electron chi connectivity index (χ0n) is 16.8. The van der Waals surface area contributed by atoms with E-state index in [9.17, 15) is 0 Å². The van der Waals surface area contributed by atoms with Crippen LogP contribution >= 0.6 is 0 Å². The molecule has 0 amide bonds. The van der Waals surface area contributed by atoms with Crippen molar-refractivity contribution in [3.05, 3.63) is 77.9 Å². The predicted octanol–water partition coefficient (Wildman–Crippen LogP) is 3.89. The van der Waals surface area contributed by atoms with Gasteiger partial charge >= 0.3 is 0 Å². The molecule has 0 spiro atoms. The summed E-state index contributed by atoms with van der Waals surface area (Å²) in [5.41, 5.74) is 3.26. The maximum atomic E-state index is 6.09. The van der Waals surface area contributed by atoms with Crippen LogP contribution in [0.5, 0.6) is 5.75 Å². The van der Waals surface area contributed by atoms with Gasteiger partial charge in [0.15, 0.2) is 0 Å². The van der Waals surface area contributed by atoms with E-state index in [2.05, 4.69) is 40.7 Å². The molecule has 0 saturated carbocycles. The molecule has 0 bridgehead atoms. The van der Waals surface area contributed by atoms with Crippen LogP contribution in [0, 0.1) is 0 Å². The number of ether oxygens (including phenoxy) is 2. The van der Waals surface area contributed by atoms with Crippen LogP contribution in [-0.2, 0) is 24.4 Å². The van der Waals surface area contributed by atoms with E-state index in [0.29, 0.717) is 6.61 Å². The lowest BCUT2D eigenvalue weighted by Crippen LogP contribution is -2.39. The molecule has 1 N–H and O–H groups in total. The Balaban J connectivity index is 1.36. The predicted molar refractivity (Wildman–Crippen MR) is 111 cm³/mol. The summed E-state index contributed by atoms with van der Waals surface area (Å²) in [6, 6.07) is 14.3. The van der Waals surface area contributed by atoms with Gasteiger partial charge in [-0.3, -0.25) is 9.67 Å². The highest BCUT2D eigenvalue weighted by molar-refractivity contribution is 5.28. The Morgan fingerprint density at radius 2 is 2.21 bits per heavy atom. The fraction of sp³-hybridized carbons (Fsp3) is 0.391. The van der Waals surface area contributed by atoms with E-state index in [1.807, 2.05) is 41.2 Å². The standard InChI is InChI=1S/C23H28N4O2/c1-2-27-16-19(15-26-27)23-22(10-6-12-28-23)25-14-18-7-5-9-21(13-18)29-17-20-8-3-4-11-24-20/h3-5,7-9,11,13,15-16,22-23,25H,2,6,10,12,14,17H2,1H3/t22-,23+/m0/s1. The number of pyridine rings is 1. The molecule has 0 aliphatic carbocycles. The molecule has 3 heterocycles. The Morgan fingerprint density at radius 3 is 3.03 bits per heavy atom. The zero-order chi connectivity index (χ0) is 19.9. The van der Waals surface area contributed by atoms with Gasteiger partial charge in [0.2, 0.25) is 0 Å². The minimum Gasteiger partial charge on any atom is -0.487 e. The first-order valence-corrected chi connectivity index (χ1v) is 10.3. The van der Waals surface area contributed by atoms with Crippen LogP contribution in [0.15, 0.2) is 61.1 Å². The molecule has 2 aromatic heterocycles. The van der Waals surface area contributed by atoms with Crippen molar-refractivity contribution in [2.24, 2.45) is 0 Å². The number of nitrogens with one attached hydrogen (secondary N) is 1. The van der Waals surface area contributed by atoms with Gasteiger partial charge < -0.3 is 14.8 Å². The third-order valence-corrected chi connectivity index (χ3v) is 5.21. The summed E-state index contributed by atoms with van der Waals surface area (Å²) in [6.07, 6.45) is 8.02. The molecule has 3 aromatic rings. The Bertz CT molecular complexity index is 897. The maximum absolute atomic E-state index is 6.09. The van der Waals surface area contributed by atoms with Gasteiger partial charge in [-0.25, -0.2) is 0 Å². The van der Waals surface area contributed by atoms with Crippen molar-refractivity contribution in [3.63, 3.8) is 0 Å². The van der Waals surface area contributed by atoms with Gasteiger partial charge in [-0.2, -0.15) is 5.10 Å². The molecule has 4 rings (SSSR count). The number of aryl methyl sites for hydroxylation is 1. The zero-order valence-corrected chi connectivity index (χ0v) is 16.8. The molecule has 1 aromatic carbocycles. The smallest absolute Gasteiger partial charge is 0.130 e. The van der Waals surface area contributed by atoms with E-state index in [4.69, 9.17) is 9.47 Å². The average molecular weight is 393 g/mol. The second-order valence-electron chi connectivity index (χ2n) is 7.31. The molecular weight excluding hydrogens is 364 g/mol. The van der Waals surface area contributed by atoms with E-state index in [0.717, 1.165) is 49.5 Å². The molecule has 6 heteroatoms. The lowest BCUT2D eigenvalue weighted by Gasteiger charge is -2.32. The molecule has 2 atom stereocenters. The largest absolute Gasteiger partial charge is 0.487 e. The molecular formula is C23H28N4O2. The van der Waals surface area contributed by atoms with E-state index in [-0.39, 0.29) is 12.1 Å². The molecule has 29 heavy (non-hydrogen) atoms. The first-order chi connectivity index (χ1) is 14.3. The SMILES string of the molecule is CCn1cc([C@H]2OCCC[C@@H]2NCc2cccc(OCc3ccccn3)c2)cn1. The van der Waals surface area contributed by atoms with Crippen molar-refractivity contribution in [3.8, 4) is 5.75 Å². The number of aromatic nitrogens is 3. The molecule has 0 radical (unpaired) electrons. The lowest BCUT2D eigenvalue weighted by molar-refractivity contribution is -0.0112. The van der Waals surface area contributed by atoms with Crippen molar-refractivity contribution >= 4 is 0 Å². The van der Waals surface area contributed by atoms with E-state index in [1.165, 1.54) is 5.56 Å². The van der Waals surface area contributed by atoms with Crippen molar-refractivity contribution in [2.75, 3.05) is 6.61 Å². The van der Waals surface area contributed by atoms with Crippen LogP contribution in [0.25, 0.3) is 0 Å². The van der Waals surface area contributed by atoms with Crippen molar-refractivity contribution in [1.29, 1.82) is 0 Å². The topological polar surface area (TPSA) is 61.2 Å². The third kappa shape index (κ3) is 5.22. The van der Waals surface area contributed by atoms with Gasteiger partial charge in [-0.1, -0.05) is 18.2 Å². The minimum atomic E-state index is 0.0487. The number of hydrogen-bond acceptors (Lipinski definition) is 5. The average Bonchev–Trinajstić information content (AvgIpc) is 3.27. The molecule has 152 valence electrons. The quantitative estimate of drug-likeness (QED) is 0.630. The summed E-state index contributed by atoms with van der Waals surface area (Å²) >= 11 is 0. The third-order valence-electron chi connectivity index (χ3n) is 5.21. The van der Waals surface area contributed by atoms with Gasteiger partial charge in [-0.15, -0.1) is 0 Å². The number of nitrogens with zero attached hydrogens (tertiary/aromatic N) is 3. The highest BCUT2D eigenvalue weighted by atomic mass is 16.5. The first kappa shape index (κ1) is 19.6. The Kier molecular flexibility index (Phi) is 6.54.